The summed E-state index contributed by atoms with van der Waals surface area (Å²) in [5, 5.41) is 12.7. The zero-order valence-corrected chi connectivity index (χ0v) is 11.6. The number of nitrogens with two attached hydrogens (primary N) is 1. The zero-order valence-electron chi connectivity index (χ0n) is 11.6. The van der Waals surface area contributed by atoms with Crippen LogP contribution in [-0.4, -0.2) is 17.6 Å². The van der Waals surface area contributed by atoms with Gasteiger partial charge in [0, 0.05) is 18.7 Å². The van der Waals surface area contributed by atoms with Crippen molar-refractivity contribution in [2.75, 3.05) is 12.3 Å². The summed E-state index contributed by atoms with van der Waals surface area (Å²) in [5.41, 5.74) is 7.00. The van der Waals surface area contributed by atoms with Crippen molar-refractivity contribution in [3.63, 3.8) is 0 Å². The van der Waals surface area contributed by atoms with E-state index in [9.17, 15) is 9.90 Å². The second-order valence-corrected chi connectivity index (χ2v) is 4.80. The van der Waals surface area contributed by atoms with Crippen LogP contribution in [0.5, 0.6) is 0 Å². The second kappa shape index (κ2) is 8.53. The Morgan fingerprint density at radius 3 is 2.58 bits per heavy atom. The molecule has 4 nitrogen and oxygen atoms in total. The highest BCUT2D eigenvalue weighted by atomic mass is 16.3. The van der Waals surface area contributed by atoms with Crippen LogP contribution >= 0.6 is 0 Å². The Hall–Kier alpha value is -1.55. The standard InChI is InChI=1S/C15H24N2O2/c1-2-3-4-5-6-15(19)17-11-14(18)12-7-9-13(16)10-8-12/h7-10,14,18H,2-6,11,16H2,1H3,(H,17,19). The van der Waals surface area contributed by atoms with Gasteiger partial charge in [-0.05, 0) is 24.1 Å². The SMILES string of the molecule is CCCCCCC(=O)NCC(O)c1ccc(N)cc1. The number of hydrogen-bond donors (Lipinski definition) is 3. The van der Waals surface area contributed by atoms with Gasteiger partial charge >= 0.3 is 0 Å². The molecule has 1 rings (SSSR count). The minimum Gasteiger partial charge on any atom is -0.399 e. The summed E-state index contributed by atoms with van der Waals surface area (Å²) >= 11 is 0. The van der Waals surface area contributed by atoms with Gasteiger partial charge in [0.05, 0.1) is 6.10 Å². The molecular weight excluding hydrogens is 240 g/mol. The maximum Gasteiger partial charge on any atom is 0.220 e. The topological polar surface area (TPSA) is 75.3 Å². The number of carbonyl (C=O) groups excluding carboxylic acids is 1. The highest BCUT2D eigenvalue weighted by molar-refractivity contribution is 5.75. The van der Waals surface area contributed by atoms with Gasteiger partial charge < -0.3 is 16.2 Å². The van der Waals surface area contributed by atoms with Crippen molar-refractivity contribution in [3.05, 3.63) is 29.8 Å². The first-order valence-corrected chi connectivity index (χ1v) is 6.93. The maximum absolute atomic E-state index is 11.6. The number of hydrogen-bond acceptors (Lipinski definition) is 3. The van der Waals surface area contributed by atoms with E-state index < -0.39 is 6.10 Å². The van der Waals surface area contributed by atoms with Crippen LogP contribution in [0.15, 0.2) is 24.3 Å². The van der Waals surface area contributed by atoms with Gasteiger partial charge in [-0.3, -0.25) is 4.79 Å². The minimum atomic E-state index is -0.680. The average Bonchev–Trinajstić information content (AvgIpc) is 2.42. The molecular formula is C15H24N2O2. The summed E-state index contributed by atoms with van der Waals surface area (Å²) in [5.74, 6) is 0.00518. The molecule has 0 saturated heterocycles. The third kappa shape index (κ3) is 6.25. The number of rotatable bonds is 8. The van der Waals surface area contributed by atoms with Crippen molar-refractivity contribution < 1.29 is 9.90 Å². The number of unbranched alkanes of at least 4 members (excludes halogenated alkanes) is 3. The number of benzene rings is 1. The molecule has 0 bridgehead atoms. The van der Waals surface area contributed by atoms with E-state index >= 15 is 0 Å². The lowest BCUT2D eigenvalue weighted by atomic mass is 10.1. The molecule has 0 fully saturated rings. The van der Waals surface area contributed by atoms with E-state index in [-0.39, 0.29) is 12.5 Å². The van der Waals surface area contributed by atoms with E-state index in [4.69, 9.17) is 5.73 Å². The van der Waals surface area contributed by atoms with Crippen LogP contribution in [0, 0.1) is 0 Å². The summed E-state index contributed by atoms with van der Waals surface area (Å²) in [6, 6.07) is 7.02. The number of carbonyl (C=O) groups is 1. The van der Waals surface area contributed by atoms with Gasteiger partial charge in [0.25, 0.3) is 0 Å². The molecule has 0 aliphatic carbocycles. The first-order chi connectivity index (χ1) is 9.13. The quantitative estimate of drug-likeness (QED) is 0.498. The summed E-state index contributed by atoms with van der Waals surface area (Å²) in [4.78, 5) is 11.6. The van der Waals surface area contributed by atoms with Crippen molar-refractivity contribution in [2.24, 2.45) is 0 Å². The molecule has 0 spiro atoms. The first-order valence-electron chi connectivity index (χ1n) is 6.93. The molecule has 4 N–H and O–H groups in total. The summed E-state index contributed by atoms with van der Waals surface area (Å²) in [6.45, 7) is 2.39. The lowest BCUT2D eigenvalue weighted by Crippen LogP contribution is -2.28. The molecule has 0 aliphatic rings. The van der Waals surface area contributed by atoms with Crippen LogP contribution in [0.2, 0.25) is 0 Å². The number of aliphatic hydroxyl groups is 1. The van der Waals surface area contributed by atoms with Crippen LogP contribution < -0.4 is 11.1 Å². The Morgan fingerprint density at radius 1 is 1.26 bits per heavy atom. The highest BCUT2D eigenvalue weighted by Gasteiger charge is 2.09. The normalized spacial score (nSPS) is 12.1. The van der Waals surface area contributed by atoms with Gasteiger partial charge in [0.2, 0.25) is 5.91 Å². The third-order valence-electron chi connectivity index (χ3n) is 3.07. The number of aliphatic hydroxyl groups excluding tert-OH is 1. The lowest BCUT2D eigenvalue weighted by molar-refractivity contribution is -0.121. The molecule has 1 aromatic rings. The average molecular weight is 264 g/mol. The van der Waals surface area contributed by atoms with E-state index in [0.717, 1.165) is 24.8 Å². The Kier molecular flexibility index (Phi) is 6.97. The molecule has 0 saturated carbocycles. The van der Waals surface area contributed by atoms with Gasteiger partial charge in [0.15, 0.2) is 0 Å². The molecule has 4 heteroatoms. The zero-order chi connectivity index (χ0) is 14.1. The lowest BCUT2D eigenvalue weighted by Gasteiger charge is -2.12. The monoisotopic (exact) mass is 264 g/mol. The number of nitrogens with one attached hydrogen (secondary N) is 1. The summed E-state index contributed by atoms with van der Waals surface area (Å²) < 4.78 is 0. The smallest absolute Gasteiger partial charge is 0.220 e. The minimum absolute atomic E-state index is 0.00518. The largest absolute Gasteiger partial charge is 0.399 e. The molecule has 0 heterocycles. The van der Waals surface area contributed by atoms with Crippen LogP contribution in [-0.2, 0) is 4.79 Å². The van der Waals surface area contributed by atoms with Gasteiger partial charge in [0.1, 0.15) is 0 Å². The van der Waals surface area contributed by atoms with E-state index in [1.54, 1.807) is 24.3 Å². The molecule has 0 aliphatic heterocycles. The van der Waals surface area contributed by atoms with Crippen molar-refractivity contribution in [2.45, 2.75) is 45.1 Å². The fourth-order valence-electron chi connectivity index (χ4n) is 1.85. The van der Waals surface area contributed by atoms with Gasteiger partial charge in [-0.25, -0.2) is 0 Å². The fraction of sp³-hybridized carbons (Fsp3) is 0.533. The van der Waals surface area contributed by atoms with E-state index in [0.29, 0.717) is 12.1 Å². The molecule has 1 aromatic carbocycles. The van der Waals surface area contributed by atoms with Crippen LogP contribution in [0.3, 0.4) is 0 Å². The fourth-order valence-corrected chi connectivity index (χ4v) is 1.85. The molecule has 1 unspecified atom stereocenters. The Balaban J connectivity index is 2.24. The van der Waals surface area contributed by atoms with Gasteiger partial charge in [-0.15, -0.1) is 0 Å². The molecule has 19 heavy (non-hydrogen) atoms. The Labute approximate surface area is 115 Å². The molecule has 1 atom stereocenters. The predicted octanol–water partition coefficient (Wildman–Crippen LogP) is 2.39. The van der Waals surface area contributed by atoms with Crippen LogP contribution in [0.25, 0.3) is 0 Å². The molecule has 106 valence electrons. The number of anilines is 1. The second-order valence-electron chi connectivity index (χ2n) is 4.80. The Bertz CT molecular complexity index is 376. The predicted molar refractivity (Wildman–Crippen MR) is 77.6 cm³/mol. The number of amides is 1. The van der Waals surface area contributed by atoms with E-state index in [1.807, 2.05) is 0 Å². The van der Waals surface area contributed by atoms with Crippen molar-refractivity contribution in [1.82, 2.24) is 5.32 Å². The van der Waals surface area contributed by atoms with Crippen molar-refractivity contribution in [3.8, 4) is 0 Å². The van der Waals surface area contributed by atoms with Crippen LogP contribution in [0.4, 0.5) is 5.69 Å². The summed E-state index contributed by atoms with van der Waals surface area (Å²) in [7, 11) is 0. The molecule has 0 radical (unpaired) electrons. The van der Waals surface area contributed by atoms with Crippen molar-refractivity contribution >= 4 is 11.6 Å². The summed E-state index contributed by atoms with van der Waals surface area (Å²) in [6.07, 6.45) is 4.19. The van der Waals surface area contributed by atoms with E-state index in [2.05, 4.69) is 12.2 Å². The highest BCUT2D eigenvalue weighted by Crippen LogP contribution is 2.13. The third-order valence-corrected chi connectivity index (χ3v) is 3.07. The number of nitrogen functional groups attached to an aromatic ring is 1. The van der Waals surface area contributed by atoms with E-state index in [1.165, 1.54) is 6.42 Å². The Morgan fingerprint density at radius 2 is 1.95 bits per heavy atom. The van der Waals surface area contributed by atoms with Gasteiger partial charge in [-0.2, -0.15) is 0 Å². The maximum atomic E-state index is 11.6. The first kappa shape index (κ1) is 15.5. The molecule has 0 aromatic heterocycles. The van der Waals surface area contributed by atoms with Crippen LogP contribution in [0.1, 0.15) is 50.7 Å². The van der Waals surface area contributed by atoms with Gasteiger partial charge in [-0.1, -0.05) is 38.3 Å². The van der Waals surface area contributed by atoms with Crippen molar-refractivity contribution in [1.29, 1.82) is 0 Å². The molecule has 1 amide bonds.